The molecule has 128 valence electrons. The highest BCUT2D eigenvalue weighted by atomic mass is 79.9. The Bertz CT molecular complexity index is 426. The standard InChI is InChI=1S/C8H20N2.C7H4BrF3S/c1-4-5-6-9-7-8-10(2)3;8-6-2-1-4(12)3-5(6)7(9,10)11/h9H,4-8H2,1-3H3;1-3,12H. The van der Waals surface area contributed by atoms with Gasteiger partial charge in [-0.25, -0.2) is 0 Å². The maximum Gasteiger partial charge on any atom is 0.417 e. The van der Waals surface area contributed by atoms with Gasteiger partial charge in [-0.05, 0) is 45.3 Å². The van der Waals surface area contributed by atoms with Crippen molar-refractivity contribution < 1.29 is 13.2 Å². The van der Waals surface area contributed by atoms with Crippen molar-refractivity contribution in [1.82, 2.24) is 10.2 Å². The molecule has 0 amide bonds. The van der Waals surface area contributed by atoms with Crippen molar-refractivity contribution in [3.8, 4) is 0 Å². The molecule has 0 saturated heterocycles. The molecule has 0 radical (unpaired) electrons. The first-order valence-electron chi connectivity index (χ1n) is 7.09. The summed E-state index contributed by atoms with van der Waals surface area (Å²) in [4.78, 5) is 2.49. The van der Waals surface area contributed by atoms with Gasteiger partial charge in [0.2, 0.25) is 0 Å². The Morgan fingerprint density at radius 3 is 2.32 bits per heavy atom. The summed E-state index contributed by atoms with van der Waals surface area (Å²) in [5.41, 5.74) is -0.699. The van der Waals surface area contributed by atoms with Crippen molar-refractivity contribution in [1.29, 1.82) is 0 Å². The van der Waals surface area contributed by atoms with Crippen molar-refractivity contribution >= 4 is 28.6 Å². The summed E-state index contributed by atoms with van der Waals surface area (Å²) < 4.78 is 36.5. The monoisotopic (exact) mass is 400 g/mol. The van der Waals surface area contributed by atoms with Gasteiger partial charge in [0.15, 0.2) is 0 Å². The Balaban J connectivity index is 0.000000409. The topological polar surface area (TPSA) is 15.3 Å². The lowest BCUT2D eigenvalue weighted by molar-refractivity contribution is -0.138. The fourth-order valence-electron chi connectivity index (χ4n) is 1.46. The molecule has 1 aromatic carbocycles. The van der Waals surface area contributed by atoms with Gasteiger partial charge >= 0.3 is 6.18 Å². The van der Waals surface area contributed by atoms with Crippen LogP contribution in [0.3, 0.4) is 0 Å². The number of benzene rings is 1. The first-order chi connectivity index (χ1) is 10.2. The lowest BCUT2D eigenvalue weighted by Gasteiger charge is -2.09. The van der Waals surface area contributed by atoms with Crippen molar-refractivity contribution in [2.45, 2.75) is 30.8 Å². The van der Waals surface area contributed by atoms with Gasteiger partial charge in [0.25, 0.3) is 0 Å². The van der Waals surface area contributed by atoms with Crippen LogP contribution in [0.15, 0.2) is 27.6 Å². The van der Waals surface area contributed by atoms with Crippen molar-refractivity contribution in [3.63, 3.8) is 0 Å². The van der Waals surface area contributed by atoms with E-state index in [2.05, 4.69) is 59.8 Å². The first-order valence-corrected chi connectivity index (χ1v) is 8.33. The third kappa shape index (κ3) is 10.5. The summed E-state index contributed by atoms with van der Waals surface area (Å²) in [6.45, 7) is 5.65. The van der Waals surface area contributed by atoms with E-state index < -0.39 is 11.7 Å². The van der Waals surface area contributed by atoms with E-state index in [1.807, 2.05) is 0 Å². The number of hydrogen-bond donors (Lipinski definition) is 2. The first kappa shape index (κ1) is 21.8. The van der Waals surface area contributed by atoms with E-state index in [9.17, 15) is 13.2 Å². The van der Waals surface area contributed by atoms with E-state index in [1.54, 1.807) is 0 Å². The predicted octanol–water partition coefficient (Wildman–Crippen LogP) is 4.69. The average molecular weight is 401 g/mol. The van der Waals surface area contributed by atoms with Crippen LogP contribution in [0, 0.1) is 0 Å². The summed E-state index contributed by atoms with van der Waals surface area (Å²) in [5, 5.41) is 3.38. The Morgan fingerprint density at radius 2 is 1.86 bits per heavy atom. The van der Waals surface area contributed by atoms with Crippen molar-refractivity contribution in [2.24, 2.45) is 0 Å². The molecule has 0 aliphatic rings. The maximum atomic E-state index is 12.2. The highest BCUT2D eigenvalue weighted by Crippen LogP contribution is 2.35. The van der Waals surface area contributed by atoms with E-state index in [1.165, 1.54) is 31.5 Å². The molecular formula is C15H24BrF3N2S. The fraction of sp³-hybridized carbons (Fsp3) is 0.600. The third-order valence-corrected chi connectivity index (χ3v) is 3.67. The van der Waals surface area contributed by atoms with E-state index in [0.29, 0.717) is 4.90 Å². The van der Waals surface area contributed by atoms with Crippen LogP contribution in [-0.2, 0) is 6.18 Å². The Labute approximate surface area is 145 Å². The molecule has 1 aromatic rings. The van der Waals surface area contributed by atoms with Gasteiger partial charge in [-0.1, -0.05) is 29.3 Å². The largest absolute Gasteiger partial charge is 0.417 e. The van der Waals surface area contributed by atoms with Crippen LogP contribution >= 0.6 is 28.6 Å². The molecule has 0 bridgehead atoms. The van der Waals surface area contributed by atoms with Crippen LogP contribution < -0.4 is 5.32 Å². The number of rotatable bonds is 6. The zero-order valence-electron chi connectivity index (χ0n) is 13.2. The van der Waals surface area contributed by atoms with Crippen LogP contribution in [0.25, 0.3) is 0 Å². The van der Waals surface area contributed by atoms with E-state index >= 15 is 0 Å². The lowest BCUT2D eigenvalue weighted by Crippen LogP contribution is -2.27. The van der Waals surface area contributed by atoms with Crippen LogP contribution in [0.1, 0.15) is 25.3 Å². The Hall–Kier alpha value is -0.240. The molecule has 0 heterocycles. The molecule has 22 heavy (non-hydrogen) atoms. The smallest absolute Gasteiger partial charge is 0.315 e. The van der Waals surface area contributed by atoms with Gasteiger partial charge in [0.1, 0.15) is 0 Å². The summed E-state index contributed by atoms with van der Waals surface area (Å²) in [6.07, 6.45) is -1.74. The highest BCUT2D eigenvalue weighted by molar-refractivity contribution is 9.10. The molecule has 0 spiro atoms. The molecule has 2 nitrogen and oxygen atoms in total. The second-order valence-corrected chi connectivity index (χ2v) is 6.44. The van der Waals surface area contributed by atoms with Crippen molar-refractivity contribution in [3.05, 3.63) is 28.2 Å². The lowest BCUT2D eigenvalue weighted by atomic mass is 10.2. The second kappa shape index (κ2) is 11.3. The summed E-state index contributed by atoms with van der Waals surface area (Å²) in [5.74, 6) is 0. The quantitative estimate of drug-likeness (QED) is 0.531. The number of hydrogen-bond acceptors (Lipinski definition) is 3. The molecule has 0 aromatic heterocycles. The minimum Gasteiger partial charge on any atom is -0.315 e. The molecule has 7 heteroatoms. The highest BCUT2D eigenvalue weighted by Gasteiger charge is 2.32. The zero-order valence-corrected chi connectivity index (χ0v) is 15.7. The molecule has 0 fully saturated rings. The van der Waals surface area contributed by atoms with Crippen LogP contribution in [-0.4, -0.2) is 38.6 Å². The van der Waals surface area contributed by atoms with Gasteiger partial charge in [-0.3, -0.25) is 0 Å². The van der Waals surface area contributed by atoms with Gasteiger partial charge < -0.3 is 10.2 Å². The van der Waals surface area contributed by atoms with Crippen LogP contribution in [0.4, 0.5) is 13.2 Å². The molecule has 0 saturated carbocycles. The van der Waals surface area contributed by atoms with Gasteiger partial charge in [0.05, 0.1) is 5.56 Å². The molecule has 0 atom stereocenters. The number of thiol groups is 1. The minimum absolute atomic E-state index is 0.0350. The SMILES string of the molecule is CCCCNCCN(C)C.FC(F)(F)c1cc(S)ccc1Br. The normalized spacial score (nSPS) is 11.3. The Morgan fingerprint density at radius 1 is 1.23 bits per heavy atom. The molecular weight excluding hydrogens is 377 g/mol. The predicted molar refractivity (Wildman–Crippen MR) is 92.7 cm³/mol. The van der Waals surface area contributed by atoms with Gasteiger partial charge in [-0.15, -0.1) is 12.6 Å². The summed E-state index contributed by atoms with van der Waals surface area (Å²) in [6, 6.07) is 3.79. The number of nitrogens with one attached hydrogen (secondary N) is 1. The van der Waals surface area contributed by atoms with E-state index in [0.717, 1.165) is 19.2 Å². The molecule has 1 rings (SSSR count). The molecule has 0 aliphatic heterocycles. The molecule has 0 aliphatic carbocycles. The average Bonchev–Trinajstić information content (AvgIpc) is 2.40. The van der Waals surface area contributed by atoms with Crippen LogP contribution in [0.2, 0.25) is 0 Å². The molecule has 1 N–H and O–H groups in total. The molecule has 0 unspecified atom stereocenters. The summed E-state index contributed by atoms with van der Waals surface area (Å²) >= 11 is 6.62. The number of alkyl halides is 3. The second-order valence-electron chi connectivity index (χ2n) is 5.07. The Kier molecular flexibility index (Phi) is 11.2. The number of halogens is 4. The van der Waals surface area contributed by atoms with E-state index in [4.69, 9.17) is 0 Å². The fourth-order valence-corrected chi connectivity index (χ4v) is 2.13. The minimum atomic E-state index is -4.32. The third-order valence-electron chi connectivity index (χ3n) is 2.70. The van der Waals surface area contributed by atoms with Gasteiger partial charge in [0, 0.05) is 22.5 Å². The summed E-state index contributed by atoms with van der Waals surface area (Å²) in [7, 11) is 4.20. The van der Waals surface area contributed by atoms with E-state index in [-0.39, 0.29) is 4.47 Å². The zero-order chi connectivity index (χ0) is 17.2. The van der Waals surface area contributed by atoms with Crippen LogP contribution in [0.5, 0.6) is 0 Å². The van der Waals surface area contributed by atoms with Crippen molar-refractivity contribution in [2.75, 3.05) is 33.7 Å². The number of likely N-dealkylation sites (N-methyl/N-ethyl adjacent to an activating group) is 1. The number of nitrogens with zero attached hydrogens (tertiary/aromatic N) is 1. The number of unbranched alkanes of at least 4 members (excludes halogenated alkanes) is 1. The van der Waals surface area contributed by atoms with Gasteiger partial charge in [-0.2, -0.15) is 13.2 Å². The maximum absolute atomic E-state index is 12.2.